The van der Waals surface area contributed by atoms with Crippen LogP contribution in [0.3, 0.4) is 0 Å². The van der Waals surface area contributed by atoms with Crippen LogP contribution in [0.4, 0.5) is 0 Å². The second-order valence-electron chi connectivity index (χ2n) is 2.56. The molecule has 0 aliphatic heterocycles. The zero-order chi connectivity index (χ0) is 8.15. The fourth-order valence-corrected chi connectivity index (χ4v) is 2.32. The maximum Gasteiger partial charge on any atom is 0.325 e. The standard InChI is InChI=1S/C6H17NO2Si/c1-5(7)6(2)10(8-3)9-4/h5-6,10H,7H2,1-4H3. The van der Waals surface area contributed by atoms with Crippen molar-refractivity contribution in [3.8, 4) is 0 Å². The molecule has 3 nitrogen and oxygen atoms in total. The minimum absolute atomic E-state index is 0.163. The normalized spacial score (nSPS) is 17.4. The van der Waals surface area contributed by atoms with Gasteiger partial charge in [0.1, 0.15) is 0 Å². The molecule has 62 valence electrons. The second-order valence-corrected chi connectivity index (χ2v) is 5.29. The van der Waals surface area contributed by atoms with Crippen molar-refractivity contribution < 1.29 is 8.85 Å². The van der Waals surface area contributed by atoms with Gasteiger partial charge in [-0.1, -0.05) is 6.92 Å². The summed E-state index contributed by atoms with van der Waals surface area (Å²) in [6.45, 7) is 4.04. The van der Waals surface area contributed by atoms with E-state index in [1.54, 1.807) is 14.2 Å². The summed E-state index contributed by atoms with van der Waals surface area (Å²) < 4.78 is 10.3. The smallest absolute Gasteiger partial charge is 0.325 e. The van der Waals surface area contributed by atoms with Crippen molar-refractivity contribution >= 4 is 9.28 Å². The highest BCUT2D eigenvalue weighted by Crippen LogP contribution is 2.12. The van der Waals surface area contributed by atoms with Crippen molar-refractivity contribution in [2.75, 3.05) is 14.2 Å². The van der Waals surface area contributed by atoms with Crippen LogP contribution in [0.2, 0.25) is 5.54 Å². The Kier molecular flexibility index (Phi) is 4.89. The van der Waals surface area contributed by atoms with E-state index in [1.807, 2.05) is 6.92 Å². The number of nitrogens with two attached hydrogens (primary N) is 1. The van der Waals surface area contributed by atoms with Gasteiger partial charge in [-0.15, -0.1) is 0 Å². The topological polar surface area (TPSA) is 44.5 Å². The molecule has 10 heavy (non-hydrogen) atoms. The van der Waals surface area contributed by atoms with Gasteiger partial charge >= 0.3 is 9.28 Å². The first kappa shape index (κ1) is 10.1. The summed E-state index contributed by atoms with van der Waals surface area (Å²) in [6, 6.07) is 0.163. The molecule has 2 N–H and O–H groups in total. The number of hydrogen-bond acceptors (Lipinski definition) is 3. The van der Waals surface area contributed by atoms with E-state index >= 15 is 0 Å². The predicted molar refractivity (Wildman–Crippen MR) is 44.2 cm³/mol. The minimum atomic E-state index is -1.47. The molecule has 0 saturated carbocycles. The quantitative estimate of drug-likeness (QED) is 0.604. The molecular formula is C6H17NO2Si. The molecule has 0 aromatic rings. The Morgan fingerprint density at radius 2 is 1.60 bits per heavy atom. The summed E-state index contributed by atoms with van der Waals surface area (Å²) in [6.07, 6.45) is 0. The van der Waals surface area contributed by atoms with Gasteiger partial charge in [-0.2, -0.15) is 0 Å². The Morgan fingerprint density at radius 3 is 1.70 bits per heavy atom. The molecule has 2 atom stereocenters. The molecule has 0 rings (SSSR count). The van der Waals surface area contributed by atoms with E-state index in [9.17, 15) is 0 Å². The van der Waals surface area contributed by atoms with Gasteiger partial charge in [-0.3, -0.25) is 0 Å². The van der Waals surface area contributed by atoms with E-state index in [0.29, 0.717) is 5.54 Å². The van der Waals surface area contributed by atoms with Crippen LogP contribution >= 0.6 is 0 Å². The summed E-state index contributed by atoms with van der Waals surface area (Å²) in [5.74, 6) is 0. The molecule has 0 aliphatic rings. The van der Waals surface area contributed by atoms with E-state index in [2.05, 4.69) is 6.92 Å². The third-order valence-corrected chi connectivity index (χ3v) is 4.12. The molecule has 0 aromatic heterocycles. The van der Waals surface area contributed by atoms with Crippen molar-refractivity contribution in [3.05, 3.63) is 0 Å². The van der Waals surface area contributed by atoms with Crippen molar-refractivity contribution in [2.24, 2.45) is 5.73 Å². The van der Waals surface area contributed by atoms with Gasteiger partial charge in [-0.05, 0) is 6.92 Å². The molecule has 0 radical (unpaired) electrons. The van der Waals surface area contributed by atoms with Gasteiger partial charge < -0.3 is 14.6 Å². The fraction of sp³-hybridized carbons (Fsp3) is 1.00. The van der Waals surface area contributed by atoms with Gasteiger partial charge in [0, 0.05) is 25.8 Å². The maximum absolute atomic E-state index is 5.66. The lowest BCUT2D eigenvalue weighted by Crippen LogP contribution is -2.35. The van der Waals surface area contributed by atoms with E-state index in [0.717, 1.165) is 0 Å². The highest BCUT2D eigenvalue weighted by molar-refractivity contribution is 6.46. The average Bonchev–Trinajstić information content (AvgIpc) is 1.90. The molecule has 0 bridgehead atoms. The highest BCUT2D eigenvalue weighted by Gasteiger charge is 2.22. The Morgan fingerprint density at radius 1 is 1.20 bits per heavy atom. The van der Waals surface area contributed by atoms with Gasteiger partial charge in [0.2, 0.25) is 0 Å². The molecule has 4 heteroatoms. The van der Waals surface area contributed by atoms with Gasteiger partial charge in [0.15, 0.2) is 0 Å². The SMILES string of the molecule is CO[SiH](OC)C(C)C(C)N. The number of hydrogen-bond donors (Lipinski definition) is 1. The van der Waals surface area contributed by atoms with Crippen molar-refractivity contribution in [2.45, 2.75) is 25.4 Å². The predicted octanol–water partition coefficient (Wildman–Crippen LogP) is 0.237. The van der Waals surface area contributed by atoms with Crippen LogP contribution in [0.5, 0.6) is 0 Å². The lowest BCUT2D eigenvalue weighted by Gasteiger charge is -2.21. The van der Waals surface area contributed by atoms with E-state index < -0.39 is 9.28 Å². The maximum atomic E-state index is 5.66. The first-order valence-electron chi connectivity index (χ1n) is 3.44. The van der Waals surface area contributed by atoms with Gasteiger partial charge in [0.05, 0.1) is 0 Å². The summed E-state index contributed by atoms with van der Waals surface area (Å²) in [5.41, 5.74) is 6.03. The van der Waals surface area contributed by atoms with Crippen LogP contribution in [0.1, 0.15) is 13.8 Å². The Bertz CT molecular complexity index is 85.8. The van der Waals surface area contributed by atoms with Crippen LogP contribution in [0.25, 0.3) is 0 Å². The van der Waals surface area contributed by atoms with Crippen molar-refractivity contribution in [1.82, 2.24) is 0 Å². The monoisotopic (exact) mass is 163 g/mol. The first-order valence-corrected chi connectivity index (χ1v) is 5.05. The highest BCUT2D eigenvalue weighted by atomic mass is 28.3. The second kappa shape index (κ2) is 4.84. The third kappa shape index (κ3) is 2.79. The van der Waals surface area contributed by atoms with Crippen LogP contribution in [-0.2, 0) is 8.85 Å². The molecule has 0 saturated heterocycles. The summed E-state index contributed by atoms with van der Waals surface area (Å²) >= 11 is 0. The third-order valence-electron chi connectivity index (χ3n) is 1.72. The molecule has 0 aromatic carbocycles. The number of rotatable bonds is 4. The van der Waals surface area contributed by atoms with Crippen molar-refractivity contribution in [1.29, 1.82) is 0 Å². The zero-order valence-corrected chi connectivity index (χ0v) is 8.28. The molecule has 0 aliphatic carbocycles. The molecule has 0 heterocycles. The van der Waals surface area contributed by atoms with E-state index in [1.165, 1.54) is 0 Å². The van der Waals surface area contributed by atoms with Gasteiger partial charge in [-0.25, -0.2) is 0 Å². The molecule has 2 unspecified atom stereocenters. The Labute approximate surface area is 64.4 Å². The molecule has 0 fully saturated rings. The lowest BCUT2D eigenvalue weighted by atomic mass is 10.3. The zero-order valence-electron chi connectivity index (χ0n) is 7.13. The minimum Gasteiger partial charge on any atom is -0.400 e. The average molecular weight is 163 g/mol. The van der Waals surface area contributed by atoms with Crippen molar-refractivity contribution in [3.63, 3.8) is 0 Å². The molecule has 0 spiro atoms. The lowest BCUT2D eigenvalue weighted by molar-refractivity contribution is 0.262. The first-order chi connectivity index (χ1) is 4.63. The molecular weight excluding hydrogens is 146 g/mol. The summed E-state index contributed by atoms with van der Waals surface area (Å²) in [7, 11) is 1.89. The van der Waals surface area contributed by atoms with Crippen LogP contribution in [0.15, 0.2) is 0 Å². The largest absolute Gasteiger partial charge is 0.400 e. The summed E-state index contributed by atoms with van der Waals surface area (Å²) in [4.78, 5) is 0. The Hall–Kier alpha value is 0.0969. The molecule has 0 amide bonds. The van der Waals surface area contributed by atoms with Gasteiger partial charge in [0.25, 0.3) is 0 Å². The Balaban J connectivity index is 3.76. The van der Waals surface area contributed by atoms with Crippen LogP contribution < -0.4 is 5.73 Å². The van der Waals surface area contributed by atoms with E-state index in [4.69, 9.17) is 14.6 Å². The van der Waals surface area contributed by atoms with Crippen LogP contribution in [-0.4, -0.2) is 29.5 Å². The van der Waals surface area contributed by atoms with Crippen LogP contribution in [0, 0.1) is 0 Å². The fourth-order valence-electron chi connectivity index (χ4n) is 0.773. The summed E-state index contributed by atoms with van der Waals surface area (Å²) in [5, 5.41) is 0. The van der Waals surface area contributed by atoms with E-state index in [-0.39, 0.29) is 6.04 Å².